The maximum absolute atomic E-state index is 10.9. The van der Waals surface area contributed by atoms with Crippen molar-refractivity contribution in [2.45, 2.75) is 64.1 Å². The fraction of sp³-hybridized carbons (Fsp3) is 0.611. The molecule has 2 bridgehead atoms. The molecule has 3 rings (SSSR count). The average molecular weight is 287 g/mol. The van der Waals surface area contributed by atoms with Crippen molar-refractivity contribution in [1.82, 2.24) is 4.90 Å². The number of fused-ring (bicyclic) bond motifs is 2. The zero-order valence-corrected chi connectivity index (χ0v) is 12.8. The van der Waals surface area contributed by atoms with E-state index in [1.54, 1.807) is 0 Å². The predicted molar refractivity (Wildman–Crippen MR) is 83.1 cm³/mol. The van der Waals surface area contributed by atoms with Gasteiger partial charge in [0.25, 0.3) is 0 Å². The quantitative estimate of drug-likeness (QED) is 0.901. The highest BCUT2D eigenvalue weighted by Gasteiger charge is 2.40. The van der Waals surface area contributed by atoms with Crippen LogP contribution in [0.3, 0.4) is 0 Å². The van der Waals surface area contributed by atoms with Crippen LogP contribution in [0.1, 0.15) is 50.2 Å². The van der Waals surface area contributed by atoms with E-state index in [1.807, 2.05) is 0 Å². The molecule has 1 N–H and O–H groups in total. The van der Waals surface area contributed by atoms with Crippen LogP contribution >= 0.6 is 0 Å². The van der Waals surface area contributed by atoms with Gasteiger partial charge in [-0.25, -0.2) is 0 Å². The molecular formula is C18H25NO2. The zero-order chi connectivity index (χ0) is 14.8. The van der Waals surface area contributed by atoms with Gasteiger partial charge >= 0.3 is 5.97 Å². The lowest BCUT2D eigenvalue weighted by atomic mass is 9.88. The van der Waals surface area contributed by atoms with E-state index in [9.17, 15) is 4.79 Å². The second-order valence-corrected chi connectivity index (χ2v) is 6.66. The Hall–Kier alpha value is -1.35. The van der Waals surface area contributed by atoms with Gasteiger partial charge in [-0.05, 0) is 49.1 Å². The average Bonchev–Trinajstić information content (AvgIpc) is 2.70. The third kappa shape index (κ3) is 3.29. The predicted octanol–water partition coefficient (Wildman–Crippen LogP) is 3.47. The van der Waals surface area contributed by atoms with Gasteiger partial charge in [-0.2, -0.15) is 0 Å². The molecule has 2 atom stereocenters. The van der Waals surface area contributed by atoms with E-state index in [0.29, 0.717) is 24.4 Å². The molecule has 0 saturated carbocycles. The first-order valence-electron chi connectivity index (χ1n) is 8.21. The number of aliphatic carboxylic acids is 1. The molecule has 2 aliphatic heterocycles. The van der Waals surface area contributed by atoms with Crippen LogP contribution < -0.4 is 0 Å². The van der Waals surface area contributed by atoms with Crippen molar-refractivity contribution in [1.29, 1.82) is 0 Å². The minimum Gasteiger partial charge on any atom is -0.481 e. The van der Waals surface area contributed by atoms with E-state index in [-0.39, 0.29) is 0 Å². The van der Waals surface area contributed by atoms with Crippen LogP contribution in [-0.4, -0.2) is 28.1 Å². The first kappa shape index (κ1) is 14.6. The van der Waals surface area contributed by atoms with Crippen LogP contribution in [-0.2, 0) is 17.8 Å². The maximum atomic E-state index is 10.9. The van der Waals surface area contributed by atoms with Crippen molar-refractivity contribution >= 4 is 5.97 Å². The first-order valence-corrected chi connectivity index (χ1v) is 8.21. The number of aryl methyl sites for hydroxylation is 1. The van der Waals surface area contributed by atoms with Gasteiger partial charge < -0.3 is 5.11 Å². The minimum atomic E-state index is -0.636. The third-order valence-corrected chi connectivity index (χ3v) is 5.24. The molecule has 0 spiro atoms. The van der Waals surface area contributed by atoms with E-state index in [1.165, 1.54) is 24.0 Å². The molecular weight excluding hydrogens is 262 g/mol. The van der Waals surface area contributed by atoms with Crippen molar-refractivity contribution in [3.05, 3.63) is 35.4 Å². The van der Waals surface area contributed by atoms with Gasteiger partial charge in [0.15, 0.2) is 0 Å². The standard InChI is InChI=1S/C18H25NO2/c1-2-13-3-5-14(6-4-13)12-19-16-7-8-17(19)10-15(9-16)11-18(20)21/h3-6,15-17H,2,7-12H2,1H3,(H,20,21). The van der Waals surface area contributed by atoms with Gasteiger partial charge in [0.05, 0.1) is 0 Å². The zero-order valence-electron chi connectivity index (χ0n) is 12.8. The number of hydrogen-bond donors (Lipinski definition) is 1. The Bertz CT molecular complexity index is 482. The Morgan fingerprint density at radius 2 is 1.71 bits per heavy atom. The molecule has 1 aromatic rings. The number of hydrogen-bond acceptors (Lipinski definition) is 2. The second kappa shape index (κ2) is 6.18. The van der Waals surface area contributed by atoms with E-state index in [0.717, 1.165) is 25.8 Å². The summed E-state index contributed by atoms with van der Waals surface area (Å²) in [4.78, 5) is 13.5. The molecule has 2 saturated heterocycles. The highest BCUT2D eigenvalue weighted by atomic mass is 16.4. The summed E-state index contributed by atoms with van der Waals surface area (Å²) in [7, 11) is 0. The lowest BCUT2D eigenvalue weighted by Gasteiger charge is -2.38. The Balaban J connectivity index is 1.63. The monoisotopic (exact) mass is 287 g/mol. The SMILES string of the molecule is CCc1ccc(CN2C3CCC2CC(CC(=O)O)C3)cc1. The van der Waals surface area contributed by atoms with Gasteiger partial charge in [0.2, 0.25) is 0 Å². The van der Waals surface area contributed by atoms with Crippen molar-refractivity contribution < 1.29 is 9.90 Å². The van der Waals surface area contributed by atoms with E-state index < -0.39 is 5.97 Å². The number of carboxylic acids is 1. The lowest BCUT2D eigenvalue weighted by molar-refractivity contribution is -0.138. The molecule has 1 aromatic carbocycles. The second-order valence-electron chi connectivity index (χ2n) is 6.66. The van der Waals surface area contributed by atoms with Gasteiger partial charge in [-0.3, -0.25) is 9.69 Å². The Morgan fingerprint density at radius 3 is 2.24 bits per heavy atom. The highest BCUT2D eigenvalue weighted by Crippen LogP contribution is 2.40. The fourth-order valence-electron chi connectivity index (χ4n) is 4.15. The maximum Gasteiger partial charge on any atom is 0.303 e. The van der Waals surface area contributed by atoms with E-state index in [4.69, 9.17) is 5.11 Å². The number of benzene rings is 1. The van der Waals surface area contributed by atoms with E-state index in [2.05, 4.69) is 36.1 Å². The number of piperidine rings is 1. The van der Waals surface area contributed by atoms with Crippen molar-refractivity contribution in [2.24, 2.45) is 5.92 Å². The molecule has 3 nitrogen and oxygen atoms in total. The molecule has 3 heteroatoms. The summed E-state index contributed by atoms with van der Waals surface area (Å²) in [6.45, 7) is 3.21. The lowest BCUT2D eigenvalue weighted by Crippen LogP contribution is -2.42. The molecule has 114 valence electrons. The van der Waals surface area contributed by atoms with Crippen molar-refractivity contribution in [2.75, 3.05) is 0 Å². The summed E-state index contributed by atoms with van der Waals surface area (Å²) in [5.41, 5.74) is 2.78. The van der Waals surface area contributed by atoms with E-state index >= 15 is 0 Å². The van der Waals surface area contributed by atoms with Crippen molar-refractivity contribution in [3.8, 4) is 0 Å². The number of carbonyl (C=O) groups is 1. The van der Waals surface area contributed by atoms with Crippen LogP contribution in [0.2, 0.25) is 0 Å². The van der Waals surface area contributed by atoms with Crippen LogP contribution in [0.5, 0.6) is 0 Å². The molecule has 2 unspecified atom stereocenters. The number of carboxylic acid groups (broad SMARTS) is 1. The number of nitrogens with zero attached hydrogens (tertiary/aromatic N) is 1. The van der Waals surface area contributed by atoms with Gasteiger partial charge in [0.1, 0.15) is 0 Å². The van der Waals surface area contributed by atoms with Crippen LogP contribution in [0.25, 0.3) is 0 Å². The summed E-state index contributed by atoms with van der Waals surface area (Å²) in [6, 6.07) is 10.2. The Labute approximate surface area is 127 Å². The fourth-order valence-corrected chi connectivity index (χ4v) is 4.15. The normalized spacial score (nSPS) is 28.7. The van der Waals surface area contributed by atoms with Crippen molar-refractivity contribution in [3.63, 3.8) is 0 Å². The van der Waals surface area contributed by atoms with Gasteiger partial charge in [-0.1, -0.05) is 31.2 Å². The first-order chi connectivity index (χ1) is 10.2. The Morgan fingerprint density at radius 1 is 1.14 bits per heavy atom. The number of rotatable bonds is 5. The molecule has 0 aliphatic carbocycles. The highest BCUT2D eigenvalue weighted by molar-refractivity contribution is 5.67. The molecule has 2 heterocycles. The molecule has 0 aromatic heterocycles. The summed E-state index contributed by atoms with van der Waals surface area (Å²) < 4.78 is 0. The topological polar surface area (TPSA) is 40.5 Å². The Kier molecular flexibility index (Phi) is 4.29. The third-order valence-electron chi connectivity index (χ3n) is 5.24. The van der Waals surface area contributed by atoms with Gasteiger partial charge in [0, 0.05) is 25.0 Å². The molecule has 0 radical (unpaired) electrons. The van der Waals surface area contributed by atoms with Gasteiger partial charge in [-0.15, -0.1) is 0 Å². The summed E-state index contributed by atoms with van der Waals surface area (Å²) in [5.74, 6) is -0.248. The van der Waals surface area contributed by atoms with Crippen LogP contribution in [0, 0.1) is 5.92 Å². The molecule has 2 fully saturated rings. The summed E-state index contributed by atoms with van der Waals surface area (Å²) >= 11 is 0. The molecule has 2 aliphatic rings. The largest absolute Gasteiger partial charge is 0.481 e. The molecule has 21 heavy (non-hydrogen) atoms. The van der Waals surface area contributed by atoms with Crippen LogP contribution in [0.15, 0.2) is 24.3 Å². The van der Waals surface area contributed by atoms with Crippen LogP contribution in [0.4, 0.5) is 0 Å². The minimum absolute atomic E-state index is 0.353. The smallest absolute Gasteiger partial charge is 0.303 e. The summed E-state index contributed by atoms with van der Waals surface area (Å²) in [5, 5.41) is 9.00. The summed E-state index contributed by atoms with van der Waals surface area (Å²) in [6.07, 6.45) is 6.06. The molecule has 0 amide bonds.